The molecule has 0 unspecified atom stereocenters. The molecule has 5 heteroatoms. The van der Waals surface area contributed by atoms with E-state index in [4.69, 9.17) is 14.7 Å². The summed E-state index contributed by atoms with van der Waals surface area (Å²) >= 11 is 0. The van der Waals surface area contributed by atoms with Crippen molar-refractivity contribution >= 4 is 13.2 Å². The molecule has 10 heavy (non-hydrogen) atoms. The first-order chi connectivity index (χ1) is 4.61. The van der Waals surface area contributed by atoms with Gasteiger partial charge < -0.3 is 0 Å². The molecule has 0 aliphatic carbocycles. The van der Waals surface area contributed by atoms with Crippen LogP contribution in [0.5, 0.6) is 0 Å². The van der Waals surface area contributed by atoms with Crippen LogP contribution in [0, 0.1) is 0 Å². The van der Waals surface area contributed by atoms with Crippen LogP contribution in [0.4, 0.5) is 0 Å². The molecule has 0 atom stereocenters. The minimum absolute atomic E-state index is 0.0648. The summed E-state index contributed by atoms with van der Waals surface area (Å²) in [5.74, 6) is 0. The number of rotatable bonds is 1. The van der Waals surface area contributed by atoms with Crippen molar-refractivity contribution in [3.8, 4) is 0 Å². The number of hydrogen-bond donors (Lipinski definition) is 3. The number of aromatic nitrogens is 1. The lowest BCUT2D eigenvalue weighted by molar-refractivity contribution is 0.347. The first-order valence-electron chi connectivity index (χ1n) is 2.58. The van der Waals surface area contributed by atoms with Crippen molar-refractivity contribution in [3.63, 3.8) is 0 Å². The summed E-state index contributed by atoms with van der Waals surface area (Å²) in [5, 5.41) is 0.0648. The highest BCUT2D eigenvalue weighted by molar-refractivity contribution is 7.66. The van der Waals surface area contributed by atoms with E-state index in [-0.39, 0.29) is 5.30 Å². The molecule has 0 saturated heterocycles. The Hall–Kier alpha value is -0.540. The van der Waals surface area contributed by atoms with Gasteiger partial charge in [-0.05, 0) is 12.1 Å². The highest BCUT2D eigenvalue weighted by Crippen LogP contribution is 2.42. The molecule has 4 nitrogen and oxygen atoms in total. The third-order valence-corrected chi connectivity index (χ3v) is 1.95. The molecule has 0 aromatic carbocycles. The fourth-order valence-electron chi connectivity index (χ4n) is 0.531. The molecule has 0 saturated carbocycles. The molecule has 0 amide bonds. The zero-order valence-electron chi connectivity index (χ0n) is 5.05. The molecule has 54 valence electrons. The van der Waals surface area contributed by atoms with Crippen LogP contribution in [0.15, 0.2) is 24.5 Å². The van der Waals surface area contributed by atoms with E-state index in [1.54, 1.807) is 0 Å². The minimum Gasteiger partial charge on any atom is -0.260 e. The second-order valence-corrected chi connectivity index (χ2v) is 3.43. The highest BCUT2D eigenvalue weighted by atomic mass is 31.2. The predicted molar refractivity (Wildman–Crippen MR) is 37.4 cm³/mol. The number of nitrogens with zero attached hydrogens (tertiary/aromatic N) is 1. The van der Waals surface area contributed by atoms with Gasteiger partial charge in [0.2, 0.25) is 5.30 Å². The maximum Gasteiger partial charge on any atom is 0.442 e. The second kappa shape index (κ2) is 2.60. The van der Waals surface area contributed by atoms with Crippen molar-refractivity contribution in [1.29, 1.82) is 0 Å². The molecule has 3 N–H and O–H groups in total. The highest BCUT2D eigenvalue weighted by Gasteiger charge is 2.33. The molecule has 1 aromatic heterocycles. The largest absolute Gasteiger partial charge is 0.442 e. The first kappa shape index (κ1) is 7.57. The summed E-state index contributed by atoms with van der Waals surface area (Å²) in [6, 6.07) is 2.92. The number of pyridine rings is 1. The average Bonchev–Trinajstić information content (AvgIpc) is 1.88. The van der Waals surface area contributed by atoms with Crippen LogP contribution in [0.25, 0.3) is 0 Å². The summed E-state index contributed by atoms with van der Waals surface area (Å²) in [5.41, 5.74) is 0. The van der Waals surface area contributed by atoms with E-state index in [2.05, 4.69) is 4.98 Å². The van der Waals surface area contributed by atoms with Gasteiger partial charge in [0.05, 0.1) is 6.20 Å². The Morgan fingerprint density at radius 2 is 2.00 bits per heavy atom. The van der Waals surface area contributed by atoms with E-state index in [9.17, 15) is 0 Å². The van der Waals surface area contributed by atoms with Gasteiger partial charge in [-0.15, -0.1) is 0 Å². The third kappa shape index (κ3) is 1.72. The van der Waals surface area contributed by atoms with Crippen molar-refractivity contribution in [2.75, 3.05) is 0 Å². The Labute approximate surface area is 58.4 Å². The van der Waals surface area contributed by atoms with Crippen molar-refractivity contribution in [1.82, 2.24) is 4.98 Å². The molecule has 0 spiro atoms. The second-order valence-electron chi connectivity index (χ2n) is 1.78. The molecule has 0 fully saturated rings. The van der Waals surface area contributed by atoms with Crippen LogP contribution in [0.2, 0.25) is 0 Å². The maximum atomic E-state index is 8.67. The van der Waals surface area contributed by atoms with E-state index in [1.807, 2.05) is 0 Å². The number of hydrogen-bond acceptors (Lipinski definition) is 4. The van der Waals surface area contributed by atoms with Gasteiger partial charge in [-0.2, -0.15) is 14.7 Å². The van der Waals surface area contributed by atoms with E-state index < -0.39 is 7.94 Å². The summed E-state index contributed by atoms with van der Waals surface area (Å²) in [6.45, 7) is 0. The average molecular weight is 160 g/mol. The molecule has 0 aliphatic rings. The third-order valence-electron chi connectivity index (χ3n) is 0.992. The fourth-order valence-corrected chi connectivity index (χ4v) is 1.04. The zero-order chi connectivity index (χ0) is 7.61. The van der Waals surface area contributed by atoms with Gasteiger partial charge in [-0.1, -0.05) is 0 Å². The van der Waals surface area contributed by atoms with E-state index in [0.29, 0.717) is 0 Å². The maximum absolute atomic E-state index is 8.67. The normalized spacial score (nSPS) is 11.5. The van der Waals surface area contributed by atoms with E-state index in [1.165, 1.54) is 24.5 Å². The molecule has 0 bridgehead atoms. The van der Waals surface area contributed by atoms with E-state index >= 15 is 0 Å². The molecule has 1 aromatic rings. The Kier molecular flexibility index (Phi) is 1.97. The van der Waals surface area contributed by atoms with Crippen LogP contribution in [0.3, 0.4) is 0 Å². The van der Waals surface area contributed by atoms with Crippen molar-refractivity contribution < 1.29 is 14.7 Å². The predicted octanol–water partition coefficient (Wildman–Crippen LogP) is -0.554. The first-order valence-corrected chi connectivity index (χ1v) is 4.23. The summed E-state index contributed by atoms with van der Waals surface area (Å²) in [6.07, 6.45) is 2.70. The van der Waals surface area contributed by atoms with Crippen LogP contribution in [-0.4, -0.2) is 19.7 Å². The molecular weight excluding hydrogens is 153 g/mol. The Morgan fingerprint density at radius 3 is 2.30 bits per heavy atom. The lowest BCUT2D eigenvalue weighted by Gasteiger charge is -1.99. The standard InChI is InChI=1S/C5H7NO3P/c7-10(8,9)5-2-1-3-6-4-5/h1-4,7-9H/q+1. The Morgan fingerprint density at radius 1 is 1.30 bits per heavy atom. The minimum atomic E-state index is -3.83. The SMILES string of the molecule is O[P+](O)(O)c1cccnc1. The smallest absolute Gasteiger partial charge is 0.260 e. The molecular formula is C5H7NO3P+. The van der Waals surface area contributed by atoms with Gasteiger partial charge in [0.1, 0.15) is 0 Å². The van der Waals surface area contributed by atoms with Gasteiger partial charge >= 0.3 is 7.94 Å². The molecule has 0 aliphatic heterocycles. The lowest BCUT2D eigenvalue weighted by atomic mass is 10.5. The Bertz CT molecular complexity index is 208. The Balaban J connectivity index is 2.97. The van der Waals surface area contributed by atoms with Gasteiger partial charge in [0.25, 0.3) is 0 Å². The van der Waals surface area contributed by atoms with Gasteiger partial charge in [0, 0.05) is 6.20 Å². The van der Waals surface area contributed by atoms with Crippen LogP contribution >= 0.6 is 7.94 Å². The van der Waals surface area contributed by atoms with Crippen LogP contribution in [0.1, 0.15) is 0 Å². The quantitative estimate of drug-likeness (QED) is 0.482. The summed E-state index contributed by atoms with van der Waals surface area (Å²) < 4.78 is 0. The summed E-state index contributed by atoms with van der Waals surface area (Å²) in [4.78, 5) is 29.6. The van der Waals surface area contributed by atoms with Crippen molar-refractivity contribution in [2.45, 2.75) is 0 Å². The molecule has 1 rings (SSSR count). The van der Waals surface area contributed by atoms with Gasteiger partial charge in [-0.25, -0.2) is 0 Å². The van der Waals surface area contributed by atoms with Gasteiger partial charge in [0.15, 0.2) is 0 Å². The fraction of sp³-hybridized carbons (Fsp3) is 0. The van der Waals surface area contributed by atoms with Crippen molar-refractivity contribution in [3.05, 3.63) is 24.5 Å². The van der Waals surface area contributed by atoms with Crippen molar-refractivity contribution in [2.24, 2.45) is 0 Å². The summed E-state index contributed by atoms with van der Waals surface area (Å²) in [7, 11) is -3.83. The van der Waals surface area contributed by atoms with Crippen LogP contribution < -0.4 is 5.30 Å². The zero-order valence-corrected chi connectivity index (χ0v) is 5.94. The monoisotopic (exact) mass is 160 g/mol. The lowest BCUT2D eigenvalue weighted by Crippen LogP contribution is -2.08. The topological polar surface area (TPSA) is 73.6 Å². The van der Waals surface area contributed by atoms with Gasteiger partial charge in [-0.3, -0.25) is 4.98 Å². The molecule has 1 heterocycles. The van der Waals surface area contributed by atoms with Crippen LogP contribution in [-0.2, 0) is 0 Å². The van der Waals surface area contributed by atoms with E-state index in [0.717, 1.165) is 0 Å². The molecule has 0 radical (unpaired) electrons.